The summed E-state index contributed by atoms with van der Waals surface area (Å²) in [6, 6.07) is 15.7. The van der Waals surface area contributed by atoms with Gasteiger partial charge in [-0.15, -0.1) is 0 Å². The normalized spacial score (nSPS) is 16.3. The first-order valence-corrected chi connectivity index (χ1v) is 8.95. The topological polar surface area (TPSA) is 66.1 Å². The number of fused-ring (bicyclic) bond motifs is 2. The first-order chi connectivity index (χ1) is 12.6. The zero-order valence-corrected chi connectivity index (χ0v) is 14.7. The Hall–Kier alpha value is -2.95. The van der Waals surface area contributed by atoms with Gasteiger partial charge in [-0.2, -0.15) is 5.10 Å². The Kier molecular flexibility index (Phi) is 4.29. The van der Waals surface area contributed by atoms with Crippen molar-refractivity contribution in [3.8, 4) is 0 Å². The molecule has 4 rings (SSSR count). The van der Waals surface area contributed by atoms with Crippen molar-refractivity contribution in [3.63, 3.8) is 0 Å². The van der Waals surface area contributed by atoms with Crippen LogP contribution in [0.5, 0.6) is 0 Å². The second-order valence-electron chi connectivity index (χ2n) is 6.83. The lowest BCUT2D eigenvalue weighted by molar-refractivity contribution is -0.131. The molecular weight excluding hydrogens is 326 g/mol. The molecule has 3 aromatic rings. The third-order valence-corrected chi connectivity index (χ3v) is 5.29. The van der Waals surface area contributed by atoms with Gasteiger partial charge in [0.25, 0.3) is 5.56 Å². The molecule has 0 aliphatic heterocycles. The van der Waals surface area contributed by atoms with Gasteiger partial charge in [-0.25, -0.2) is 5.10 Å². The van der Waals surface area contributed by atoms with Gasteiger partial charge in [0.1, 0.15) is 0 Å². The first-order valence-electron chi connectivity index (χ1n) is 8.95. The standard InChI is InChI=1S/C21H21N3O2/c1-24(19-12-6-8-14-7-2-3-9-15(14)19)20(25)13-18-16-10-4-5-11-17(16)21(26)23-22-18/h2-5,7,9-11,19H,6,8,12-13H2,1H3,(H,23,26)/t19-/m1/s1. The van der Waals surface area contributed by atoms with Crippen LogP contribution in [0.2, 0.25) is 0 Å². The average molecular weight is 347 g/mol. The van der Waals surface area contributed by atoms with E-state index in [1.165, 1.54) is 11.1 Å². The summed E-state index contributed by atoms with van der Waals surface area (Å²) in [7, 11) is 1.86. The Morgan fingerprint density at radius 2 is 1.88 bits per heavy atom. The molecule has 0 spiro atoms. The van der Waals surface area contributed by atoms with E-state index in [0.717, 1.165) is 24.6 Å². The molecule has 1 heterocycles. The minimum atomic E-state index is -0.230. The van der Waals surface area contributed by atoms with Crippen molar-refractivity contribution in [2.75, 3.05) is 7.05 Å². The van der Waals surface area contributed by atoms with E-state index in [9.17, 15) is 9.59 Å². The summed E-state index contributed by atoms with van der Waals surface area (Å²) in [4.78, 5) is 26.7. The predicted molar refractivity (Wildman–Crippen MR) is 101 cm³/mol. The number of H-pyrrole nitrogens is 1. The van der Waals surface area contributed by atoms with Gasteiger partial charge in [-0.05, 0) is 36.5 Å². The summed E-state index contributed by atoms with van der Waals surface area (Å²) < 4.78 is 0. The Morgan fingerprint density at radius 1 is 1.15 bits per heavy atom. The highest BCUT2D eigenvalue weighted by Crippen LogP contribution is 2.33. The van der Waals surface area contributed by atoms with Crippen molar-refractivity contribution >= 4 is 16.7 Å². The van der Waals surface area contributed by atoms with Crippen LogP contribution in [0.4, 0.5) is 0 Å². The van der Waals surface area contributed by atoms with Crippen LogP contribution < -0.4 is 5.56 Å². The minimum Gasteiger partial charge on any atom is -0.338 e. The van der Waals surface area contributed by atoms with Crippen molar-refractivity contribution in [1.29, 1.82) is 0 Å². The Labute approximate surface area is 151 Å². The van der Waals surface area contributed by atoms with Crippen molar-refractivity contribution in [2.24, 2.45) is 0 Å². The lowest BCUT2D eigenvalue weighted by Gasteiger charge is -2.33. The first kappa shape index (κ1) is 16.5. The molecule has 2 aromatic carbocycles. The fraction of sp³-hybridized carbons (Fsp3) is 0.286. The third-order valence-electron chi connectivity index (χ3n) is 5.29. The molecule has 26 heavy (non-hydrogen) atoms. The molecule has 0 unspecified atom stereocenters. The molecule has 1 aliphatic rings. The van der Waals surface area contributed by atoms with Crippen molar-refractivity contribution in [3.05, 3.63) is 75.7 Å². The number of hydrogen-bond donors (Lipinski definition) is 1. The van der Waals surface area contributed by atoms with E-state index in [2.05, 4.69) is 28.4 Å². The second-order valence-corrected chi connectivity index (χ2v) is 6.83. The molecule has 0 radical (unpaired) electrons. The third kappa shape index (κ3) is 2.90. The molecule has 132 valence electrons. The molecule has 1 amide bonds. The van der Waals surface area contributed by atoms with Crippen molar-refractivity contribution < 1.29 is 4.79 Å². The number of nitrogens with one attached hydrogen (secondary N) is 1. The molecule has 0 saturated heterocycles. The molecule has 0 saturated carbocycles. The van der Waals surface area contributed by atoms with Crippen LogP contribution in [0.25, 0.3) is 10.8 Å². The smallest absolute Gasteiger partial charge is 0.272 e. The molecular formula is C21H21N3O2. The number of aryl methyl sites for hydroxylation is 1. The molecule has 1 N–H and O–H groups in total. The summed E-state index contributed by atoms with van der Waals surface area (Å²) in [5.41, 5.74) is 2.96. The lowest BCUT2D eigenvalue weighted by atomic mass is 9.87. The zero-order chi connectivity index (χ0) is 18.1. The van der Waals surface area contributed by atoms with Gasteiger partial charge in [-0.1, -0.05) is 42.5 Å². The number of aromatic amines is 1. The van der Waals surface area contributed by atoms with Crippen LogP contribution in [0.1, 0.15) is 35.7 Å². The summed E-state index contributed by atoms with van der Waals surface area (Å²) in [6.07, 6.45) is 3.30. The Morgan fingerprint density at radius 3 is 2.73 bits per heavy atom. The van der Waals surface area contributed by atoms with Gasteiger partial charge in [-0.3, -0.25) is 9.59 Å². The van der Waals surface area contributed by atoms with E-state index >= 15 is 0 Å². The molecule has 5 nitrogen and oxygen atoms in total. The van der Waals surface area contributed by atoms with Crippen LogP contribution in [0.3, 0.4) is 0 Å². The number of nitrogens with zero attached hydrogens (tertiary/aromatic N) is 2. The fourth-order valence-corrected chi connectivity index (χ4v) is 3.88. The number of carbonyl (C=O) groups is 1. The van der Waals surface area contributed by atoms with Crippen LogP contribution >= 0.6 is 0 Å². The van der Waals surface area contributed by atoms with Gasteiger partial charge in [0.15, 0.2) is 0 Å². The lowest BCUT2D eigenvalue weighted by Crippen LogP contribution is -2.34. The molecule has 5 heteroatoms. The summed E-state index contributed by atoms with van der Waals surface area (Å²) in [5, 5.41) is 7.94. The van der Waals surface area contributed by atoms with Gasteiger partial charge >= 0.3 is 0 Å². The average Bonchev–Trinajstić information content (AvgIpc) is 2.69. The molecule has 1 aliphatic carbocycles. The van der Waals surface area contributed by atoms with Gasteiger partial charge in [0, 0.05) is 12.4 Å². The minimum absolute atomic E-state index is 0.0106. The highest BCUT2D eigenvalue weighted by Gasteiger charge is 2.27. The van der Waals surface area contributed by atoms with E-state index in [-0.39, 0.29) is 23.9 Å². The number of aromatic nitrogens is 2. The number of hydrogen-bond acceptors (Lipinski definition) is 3. The number of likely N-dealkylation sites (N-methyl/N-ethyl adjacent to an activating group) is 1. The summed E-state index contributed by atoms with van der Waals surface area (Å²) >= 11 is 0. The number of benzene rings is 2. The van der Waals surface area contributed by atoms with Gasteiger partial charge < -0.3 is 4.90 Å². The van der Waals surface area contributed by atoms with E-state index in [0.29, 0.717) is 11.1 Å². The van der Waals surface area contributed by atoms with E-state index in [4.69, 9.17) is 0 Å². The highest BCUT2D eigenvalue weighted by atomic mass is 16.2. The highest BCUT2D eigenvalue weighted by molar-refractivity contribution is 5.88. The van der Waals surface area contributed by atoms with E-state index < -0.39 is 0 Å². The molecule has 1 atom stereocenters. The van der Waals surface area contributed by atoms with Crippen LogP contribution in [0.15, 0.2) is 53.3 Å². The maximum atomic E-state index is 12.9. The van der Waals surface area contributed by atoms with Crippen molar-refractivity contribution in [1.82, 2.24) is 15.1 Å². The maximum Gasteiger partial charge on any atom is 0.272 e. The number of rotatable bonds is 3. The van der Waals surface area contributed by atoms with Crippen LogP contribution in [0, 0.1) is 0 Å². The number of carbonyl (C=O) groups excluding carboxylic acids is 1. The largest absolute Gasteiger partial charge is 0.338 e. The zero-order valence-electron chi connectivity index (χ0n) is 14.7. The predicted octanol–water partition coefficient (Wildman–Crippen LogP) is 3.00. The molecule has 0 fully saturated rings. The van der Waals surface area contributed by atoms with E-state index in [1.54, 1.807) is 6.07 Å². The van der Waals surface area contributed by atoms with Gasteiger partial charge in [0.2, 0.25) is 5.91 Å². The SMILES string of the molecule is CN(C(=O)Cc1n[nH]c(=O)c2ccccc12)[C@@H]1CCCc2ccccc21. The van der Waals surface area contributed by atoms with Gasteiger partial charge in [0.05, 0.1) is 23.5 Å². The Balaban J connectivity index is 1.62. The van der Waals surface area contributed by atoms with Crippen molar-refractivity contribution in [2.45, 2.75) is 31.7 Å². The summed E-state index contributed by atoms with van der Waals surface area (Å²) in [5.74, 6) is 0.0106. The Bertz CT molecular complexity index is 1020. The summed E-state index contributed by atoms with van der Waals surface area (Å²) in [6.45, 7) is 0. The van der Waals surface area contributed by atoms with Crippen LogP contribution in [-0.2, 0) is 17.6 Å². The second kappa shape index (κ2) is 6.75. The maximum absolute atomic E-state index is 12.9. The fourth-order valence-electron chi connectivity index (χ4n) is 3.88. The monoisotopic (exact) mass is 347 g/mol. The van der Waals surface area contributed by atoms with Crippen LogP contribution in [-0.4, -0.2) is 28.1 Å². The van der Waals surface area contributed by atoms with E-state index in [1.807, 2.05) is 36.2 Å². The quantitative estimate of drug-likeness (QED) is 0.792. The molecule has 1 aromatic heterocycles. The molecule has 0 bridgehead atoms. The number of amides is 1.